The molecule has 0 saturated heterocycles. The summed E-state index contributed by atoms with van der Waals surface area (Å²) in [5.74, 6) is -2.05. The van der Waals surface area contributed by atoms with E-state index in [0.29, 0.717) is 5.56 Å². The van der Waals surface area contributed by atoms with Crippen LogP contribution in [0.3, 0.4) is 0 Å². The molecule has 0 spiro atoms. The van der Waals surface area contributed by atoms with E-state index in [1.807, 2.05) is 0 Å². The molecule has 0 saturated carbocycles. The van der Waals surface area contributed by atoms with Gasteiger partial charge in [0.1, 0.15) is 12.1 Å². The fourth-order valence-corrected chi connectivity index (χ4v) is 1.84. The predicted molar refractivity (Wildman–Crippen MR) is 76.3 cm³/mol. The highest BCUT2D eigenvalue weighted by Gasteiger charge is 2.28. The van der Waals surface area contributed by atoms with Gasteiger partial charge in [-0.15, -0.1) is 0 Å². The number of nitrogens with two attached hydrogens (primary N) is 1. The standard InChI is InChI=1S/C14H19N3O4/c1-8(2)10(13(19)20)16-12(18)11(17-14(15)21)9-6-4-3-5-7-9/h3-8,10-11H,1-2H3,(H,16,18)(H,19,20)(H3,15,17,21)/t10-,11?/m1/s1. The van der Waals surface area contributed by atoms with Crippen LogP contribution in [0.25, 0.3) is 0 Å². The molecule has 7 heteroatoms. The largest absolute Gasteiger partial charge is 0.480 e. The monoisotopic (exact) mass is 293 g/mol. The number of carbonyl (C=O) groups excluding carboxylic acids is 2. The Morgan fingerprint density at radius 3 is 2.10 bits per heavy atom. The maximum Gasteiger partial charge on any atom is 0.326 e. The molecule has 0 fully saturated rings. The summed E-state index contributed by atoms with van der Waals surface area (Å²) >= 11 is 0. The highest BCUT2D eigenvalue weighted by atomic mass is 16.4. The Morgan fingerprint density at radius 1 is 1.10 bits per heavy atom. The summed E-state index contributed by atoms with van der Waals surface area (Å²) < 4.78 is 0. The lowest BCUT2D eigenvalue weighted by Gasteiger charge is -2.23. The van der Waals surface area contributed by atoms with Crippen molar-refractivity contribution >= 4 is 17.9 Å². The van der Waals surface area contributed by atoms with Crippen LogP contribution in [0.4, 0.5) is 4.79 Å². The molecule has 0 aliphatic rings. The van der Waals surface area contributed by atoms with Crippen molar-refractivity contribution in [2.75, 3.05) is 0 Å². The summed E-state index contributed by atoms with van der Waals surface area (Å²) in [5, 5.41) is 13.8. The van der Waals surface area contributed by atoms with Crippen LogP contribution in [-0.2, 0) is 9.59 Å². The number of aliphatic carboxylic acids is 1. The SMILES string of the molecule is CC(C)[C@@H](NC(=O)C(NC(N)=O)c1ccccc1)C(=O)O. The fourth-order valence-electron chi connectivity index (χ4n) is 1.84. The number of rotatable bonds is 6. The summed E-state index contributed by atoms with van der Waals surface area (Å²) in [5.41, 5.74) is 5.59. The van der Waals surface area contributed by atoms with Gasteiger partial charge in [-0.25, -0.2) is 9.59 Å². The summed E-state index contributed by atoms with van der Waals surface area (Å²) in [6.07, 6.45) is 0. The van der Waals surface area contributed by atoms with Gasteiger partial charge in [-0.3, -0.25) is 4.79 Å². The van der Waals surface area contributed by atoms with E-state index < -0.39 is 30.0 Å². The van der Waals surface area contributed by atoms with Crippen LogP contribution in [-0.4, -0.2) is 29.1 Å². The lowest BCUT2D eigenvalue weighted by atomic mass is 10.0. The van der Waals surface area contributed by atoms with E-state index in [1.165, 1.54) is 0 Å². The quantitative estimate of drug-likeness (QED) is 0.614. The lowest BCUT2D eigenvalue weighted by molar-refractivity contribution is -0.143. The molecular weight excluding hydrogens is 274 g/mol. The van der Waals surface area contributed by atoms with E-state index >= 15 is 0 Å². The number of benzene rings is 1. The van der Waals surface area contributed by atoms with E-state index in [2.05, 4.69) is 10.6 Å². The van der Waals surface area contributed by atoms with Crippen molar-refractivity contribution in [2.45, 2.75) is 25.9 Å². The Kier molecular flexibility index (Phi) is 5.71. The Bertz CT molecular complexity index is 516. The van der Waals surface area contributed by atoms with Crippen molar-refractivity contribution in [3.8, 4) is 0 Å². The summed E-state index contributed by atoms with van der Waals surface area (Å²) in [6.45, 7) is 3.36. The molecule has 1 aromatic carbocycles. The first-order chi connectivity index (χ1) is 9.82. The number of hydrogen-bond donors (Lipinski definition) is 4. The molecule has 2 atom stereocenters. The van der Waals surface area contributed by atoms with Gasteiger partial charge in [-0.2, -0.15) is 0 Å². The van der Waals surface area contributed by atoms with E-state index in [1.54, 1.807) is 44.2 Å². The third kappa shape index (κ3) is 4.79. The Balaban J connectivity index is 2.96. The van der Waals surface area contributed by atoms with Crippen LogP contribution in [0.2, 0.25) is 0 Å². The molecule has 0 radical (unpaired) electrons. The molecule has 0 aromatic heterocycles. The number of urea groups is 1. The number of nitrogens with one attached hydrogen (secondary N) is 2. The van der Waals surface area contributed by atoms with E-state index in [4.69, 9.17) is 10.8 Å². The van der Waals surface area contributed by atoms with E-state index in [9.17, 15) is 14.4 Å². The zero-order chi connectivity index (χ0) is 16.0. The highest BCUT2D eigenvalue weighted by Crippen LogP contribution is 2.14. The third-order valence-electron chi connectivity index (χ3n) is 2.91. The minimum Gasteiger partial charge on any atom is -0.480 e. The van der Waals surface area contributed by atoms with Gasteiger partial charge >= 0.3 is 12.0 Å². The van der Waals surface area contributed by atoms with Gasteiger partial charge in [0.05, 0.1) is 0 Å². The maximum absolute atomic E-state index is 12.3. The van der Waals surface area contributed by atoms with Crippen LogP contribution in [0.1, 0.15) is 25.5 Å². The topological polar surface area (TPSA) is 122 Å². The van der Waals surface area contributed by atoms with Gasteiger partial charge < -0.3 is 21.5 Å². The number of carboxylic acid groups (broad SMARTS) is 1. The number of carbonyl (C=O) groups is 3. The van der Waals surface area contributed by atoms with Crippen LogP contribution in [0.5, 0.6) is 0 Å². The van der Waals surface area contributed by atoms with Crippen molar-refractivity contribution in [1.82, 2.24) is 10.6 Å². The van der Waals surface area contributed by atoms with Gasteiger partial charge in [0.2, 0.25) is 5.91 Å². The van der Waals surface area contributed by atoms with Crippen LogP contribution in [0.15, 0.2) is 30.3 Å². The molecule has 114 valence electrons. The van der Waals surface area contributed by atoms with Gasteiger partial charge in [0, 0.05) is 0 Å². The van der Waals surface area contributed by atoms with Crippen LogP contribution >= 0.6 is 0 Å². The minimum atomic E-state index is -1.13. The van der Waals surface area contributed by atoms with Crippen molar-refractivity contribution in [2.24, 2.45) is 11.7 Å². The maximum atomic E-state index is 12.3. The van der Waals surface area contributed by atoms with Crippen molar-refractivity contribution in [1.29, 1.82) is 0 Å². The van der Waals surface area contributed by atoms with E-state index in [0.717, 1.165) is 0 Å². The lowest BCUT2D eigenvalue weighted by Crippen LogP contribution is -2.50. The molecule has 0 bridgehead atoms. The van der Waals surface area contributed by atoms with E-state index in [-0.39, 0.29) is 5.92 Å². The van der Waals surface area contributed by atoms with Crippen molar-refractivity contribution in [3.63, 3.8) is 0 Å². The summed E-state index contributed by atoms with van der Waals surface area (Å²) in [7, 11) is 0. The van der Waals surface area contributed by atoms with Gasteiger partial charge in [-0.05, 0) is 11.5 Å². The first-order valence-electron chi connectivity index (χ1n) is 6.47. The van der Waals surface area contributed by atoms with Gasteiger partial charge in [0.15, 0.2) is 0 Å². The van der Waals surface area contributed by atoms with Gasteiger partial charge in [-0.1, -0.05) is 44.2 Å². The summed E-state index contributed by atoms with van der Waals surface area (Å²) in [6, 6.07) is 5.51. The number of carboxylic acids is 1. The summed E-state index contributed by atoms with van der Waals surface area (Å²) in [4.78, 5) is 34.4. The molecule has 0 aliphatic carbocycles. The van der Waals surface area contributed by atoms with Crippen molar-refractivity contribution in [3.05, 3.63) is 35.9 Å². The average molecular weight is 293 g/mol. The second-order valence-corrected chi connectivity index (χ2v) is 4.92. The van der Waals surface area contributed by atoms with Gasteiger partial charge in [0.25, 0.3) is 0 Å². The van der Waals surface area contributed by atoms with Crippen LogP contribution < -0.4 is 16.4 Å². The Labute approximate surface area is 122 Å². The molecule has 0 aliphatic heterocycles. The predicted octanol–water partition coefficient (Wildman–Crippen LogP) is 0.621. The van der Waals surface area contributed by atoms with Crippen molar-refractivity contribution < 1.29 is 19.5 Å². The smallest absolute Gasteiger partial charge is 0.326 e. The molecule has 21 heavy (non-hydrogen) atoms. The highest BCUT2D eigenvalue weighted by molar-refractivity contribution is 5.90. The number of hydrogen-bond acceptors (Lipinski definition) is 3. The molecular formula is C14H19N3O4. The second-order valence-electron chi connectivity index (χ2n) is 4.92. The first kappa shape index (κ1) is 16.5. The van der Waals surface area contributed by atoms with Crippen LogP contribution in [0, 0.1) is 5.92 Å². The molecule has 1 aromatic rings. The zero-order valence-electron chi connectivity index (χ0n) is 11.9. The molecule has 3 amide bonds. The normalized spacial score (nSPS) is 13.3. The fraction of sp³-hybridized carbons (Fsp3) is 0.357. The molecule has 5 N–H and O–H groups in total. The number of primary amides is 1. The molecule has 0 heterocycles. The number of amides is 3. The Hall–Kier alpha value is -2.57. The second kappa shape index (κ2) is 7.28. The average Bonchev–Trinajstić information content (AvgIpc) is 2.42. The molecule has 1 unspecified atom stereocenters. The Morgan fingerprint density at radius 2 is 1.67 bits per heavy atom. The minimum absolute atomic E-state index is 0.295. The molecule has 1 rings (SSSR count). The first-order valence-corrected chi connectivity index (χ1v) is 6.47. The third-order valence-corrected chi connectivity index (χ3v) is 2.91. The molecule has 7 nitrogen and oxygen atoms in total. The zero-order valence-corrected chi connectivity index (χ0v) is 11.9.